The third kappa shape index (κ3) is 3.85. The zero-order chi connectivity index (χ0) is 18.8. The third-order valence-corrected chi connectivity index (χ3v) is 5.58. The number of amides is 1. The minimum Gasteiger partial charge on any atom is -0.364 e. The number of aromatic nitrogens is 3. The molecule has 0 saturated carbocycles. The van der Waals surface area contributed by atoms with E-state index < -0.39 is 6.10 Å². The van der Waals surface area contributed by atoms with Gasteiger partial charge in [0.1, 0.15) is 11.9 Å². The quantitative estimate of drug-likeness (QED) is 0.838. The van der Waals surface area contributed by atoms with Crippen LogP contribution in [0.15, 0.2) is 18.2 Å². The van der Waals surface area contributed by atoms with Crippen molar-refractivity contribution in [3.05, 3.63) is 29.0 Å². The van der Waals surface area contributed by atoms with Gasteiger partial charge in [0.25, 0.3) is 5.91 Å². The van der Waals surface area contributed by atoms with Crippen LogP contribution in [0, 0.1) is 0 Å². The van der Waals surface area contributed by atoms with Crippen LogP contribution in [0.3, 0.4) is 0 Å². The Morgan fingerprint density at radius 1 is 1.30 bits per heavy atom. The Morgan fingerprint density at radius 3 is 3.00 bits per heavy atom. The van der Waals surface area contributed by atoms with Gasteiger partial charge < -0.3 is 20.4 Å². The fraction of sp³-hybridized carbons (Fsp3) is 0.526. The zero-order valence-electron chi connectivity index (χ0n) is 15.2. The normalized spacial score (nSPS) is 22.3. The molecule has 2 aromatic rings. The van der Waals surface area contributed by atoms with Gasteiger partial charge >= 0.3 is 0 Å². The Balaban J connectivity index is 1.56. The number of carbonyl (C=O) groups excluding carboxylic acids is 1. The summed E-state index contributed by atoms with van der Waals surface area (Å²) in [4.78, 5) is 12.5. The molecule has 1 fully saturated rings. The summed E-state index contributed by atoms with van der Waals surface area (Å²) in [7, 11) is 0. The van der Waals surface area contributed by atoms with E-state index >= 15 is 0 Å². The lowest BCUT2D eigenvalue weighted by Gasteiger charge is -2.14. The van der Waals surface area contributed by atoms with Crippen LogP contribution in [0.5, 0.6) is 0 Å². The number of benzene rings is 1. The van der Waals surface area contributed by atoms with Crippen molar-refractivity contribution in [1.82, 2.24) is 14.8 Å². The molecule has 1 aromatic heterocycles. The Hall–Kier alpha value is -1.96. The highest BCUT2D eigenvalue weighted by Crippen LogP contribution is 2.31. The first kappa shape index (κ1) is 18.4. The second-order valence-electron chi connectivity index (χ2n) is 7.15. The standard InChI is InChI=1S/C19H24ClN5O2/c20-15-7-5-12(22-19(26)16-8-6-13(11-21)27-16)10-14(15)18-24-23-17-4-2-1-3-9-25(17)18/h5,7,10,13,16H,1-4,6,8-9,11,21H2,(H,22,26)/t13-,16+/m1/s1. The summed E-state index contributed by atoms with van der Waals surface area (Å²) in [5.74, 6) is 1.60. The Labute approximate surface area is 163 Å². The Kier molecular flexibility index (Phi) is 5.43. The lowest BCUT2D eigenvalue weighted by Crippen LogP contribution is -2.29. The van der Waals surface area contributed by atoms with E-state index in [-0.39, 0.29) is 12.0 Å². The molecule has 2 aliphatic rings. The van der Waals surface area contributed by atoms with Crippen LogP contribution in [0.25, 0.3) is 11.4 Å². The second-order valence-corrected chi connectivity index (χ2v) is 7.55. The van der Waals surface area contributed by atoms with Crippen molar-refractivity contribution in [2.75, 3.05) is 11.9 Å². The third-order valence-electron chi connectivity index (χ3n) is 5.25. The number of fused-ring (bicyclic) bond motifs is 1. The number of nitrogens with one attached hydrogen (secondary N) is 1. The molecule has 1 amide bonds. The molecule has 0 unspecified atom stereocenters. The summed E-state index contributed by atoms with van der Waals surface area (Å²) < 4.78 is 7.81. The molecule has 0 bridgehead atoms. The minimum atomic E-state index is -0.456. The van der Waals surface area contributed by atoms with Gasteiger partial charge in [0, 0.05) is 30.8 Å². The molecule has 0 aliphatic carbocycles. The van der Waals surface area contributed by atoms with Crippen LogP contribution in [-0.2, 0) is 22.5 Å². The number of rotatable bonds is 4. The lowest BCUT2D eigenvalue weighted by atomic mass is 10.1. The first-order valence-electron chi connectivity index (χ1n) is 9.54. The van der Waals surface area contributed by atoms with Gasteiger partial charge in [-0.2, -0.15) is 0 Å². The van der Waals surface area contributed by atoms with Gasteiger partial charge in [-0.05, 0) is 43.9 Å². The number of ether oxygens (including phenoxy) is 1. The maximum atomic E-state index is 12.5. The van der Waals surface area contributed by atoms with Crippen molar-refractivity contribution in [2.45, 2.75) is 57.3 Å². The van der Waals surface area contributed by atoms with Crippen molar-refractivity contribution in [3.63, 3.8) is 0 Å². The number of anilines is 1. The van der Waals surface area contributed by atoms with Crippen LogP contribution < -0.4 is 11.1 Å². The van der Waals surface area contributed by atoms with E-state index in [4.69, 9.17) is 22.1 Å². The van der Waals surface area contributed by atoms with E-state index in [0.717, 1.165) is 49.4 Å². The number of halogens is 1. The minimum absolute atomic E-state index is 0.0343. The van der Waals surface area contributed by atoms with Crippen LogP contribution in [-0.4, -0.2) is 39.4 Å². The van der Waals surface area contributed by atoms with Crippen LogP contribution in [0.4, 0.5) is 5.69 Å². The van der Waals surface area contributed by atoms with Crippen molar-refractivity contribution in [1.29, 1.82) is 0 Å². The van der Waals surface area contributed by atoms with E-state index in [2.05, 4.69) is 20.1 Å². The number of nitrogens with zero attached hydrogens (tertiary/aromatic N) is 3. The highest BCUT2D eigenvalue weighted by atomic mass is 35.5. The van der Waals surface area contributed by atoms with Gasteiger partial charge in [0.05, 0.1) is 11.1 Å². The molecule has 0 spiro atoms. The van der Waals surface area contributed by atoms with Crippen molar-refractivity contribution in [2.24, 2.45) is 5.73 Å². The molecule has 7 nitrogen and oxygen atoms in total. The molecule has 2 aliphatic heterocycles. The van der Waals surface area contributed by atoms with Crippen LogP contribution >= 0.6 is 11.6 Å². The van der Waals surface area contributed by atoms with Gasteiger partial charge in [-0.25, -0.2) is 0 Å². The van der Waals surface area contributed by atoms with Gasteiger partial charge in [-0.1, -0.05) is 18.0 Å². The number of hydrogen-bond acceptors (Lipinski definition) is 5. The molecule has 2 atom stereocenters. The van der Waals surface area contributed by atoms with Gasteiger partial charge in [-0.15, -0.1) is 10.2 Å². The summed E-state index contributed by atoms with van der Waals surface area (Å²) in [6.45, 7) is 1.33. The SMILES string of the molecule is NC[C@H]1CC[C@@H](C(=O)Nc2ccc(Cl)c(-c3nnc4n3CCCCC4)c2)O1. The summed E-state index contributed by atoms with van der Waals surface area (Å²) >= 11 is 6.44. The number of nitrogens with two attached hydrogens (primary N) is 1. The molecule has 1 aromatic carbocycles. The van der Waals surface area contributed by atoms with Crippen LogP contribution in [0.1, 0.15) is 37.9 Å². The van der Waals surface area contributed by atoms with E-state index in [1.807, 2.05) is 6.07 Å². The first-order chi connectivity index (χ1) is 13.2. The van der Waals surface area contributed by atoms with Gasteiger partial charge in [0.2, 0.25) is 0 Å². The molecular weight excluding hydrogens is 366 g/mol. The molecule has 3 N–H and O–H groups in total. The molecule has 0 radical (unpaired) electrons. The molecule has 1 saturated heterocycles. The number of aryl methyl sites for hydroxylation is 1. The predicted octanol–water partition coefficient (Wildman–Crippen LogP) is 2.77. The van der Waals surface area contributed by atoms with Crippen molar-refractivity contribution < 1.29 is 9.53 Å². The first-order valence-corrected chi connectivity index (χ1v) is 9.92. The average Bonchev–Trinajstić information content (AvgIpc) is 3.25. The molecular formula is C19H24ClN5O2. The predicted molar refractivity (Wildman–Crippen MR) is 104 cm³/mol. The summed E-state index contributed by atoms with van der Waals surface area (Å²) in [6, 6.07) is 5.43. The van der Waals surface area contributed by atoms with E-state index in [1.165, 1.54) is 6.42 Å². The lowest BCUT2D eigenvalue weighted by molar-refractivity contribution is -0.126. The molecule has 27 heavy (non-hydrogen) atoms. The molecule has 8 heteroatoms. The Bertz CT molecular complexity index is 838. The second kappa shape index (κ2) is 7.96. The van der Waals surface area contributed by atoms with E-state index in [0.29, 0.717) is 23.7 Å². The maximum absolute atomic E-state index is 12.5. The molecule has 3 heterocycles. The largest absolute Gasteiger partial charge is 0.364 e. The summed E-state index contributed by atoms with van der Waals surface area (Å²) in [6.07, 6.45) is 5.37. The smallest absolute Gasteiger partial charge is 0.253 e. The average molecular weight is 390 g/mol. The molecule has 144 valence electrons. The van der Waals surface area contributed by atoms with Crippen molar-refractivity contribution >= 4 is 23.2 Å². The number of hydrogen-bond donors (Lipinski definition) is 2. The van der Waals surface area contributed by atoms with E-state index in [9.17, 15) is 4.79 Å². The zero-order valence-corrected chi connectivity index (χ0v) is 15.9. The van der Waals surface area contributed by atoms with E-state index in [1.54, 1.807) is 12.1 Å². The fourth-order valence-electron chi connectivity index (χ4n) is 3.75. The topological polar surface area (TPSA) is 95.1 Å². The highest BCUT2D eigenvalue weighted by molar-refractivity contribution is 6.33. The van der Waals surface area contributed by atoms with Crippen molar-refractivity contribution in [3.8, 4) is 11.4 Å². The monoisotopic (exact) mass is 389 g/mol. The summed E-state index contributed by atoms with van der Waals surface area (Å²) in [5, 5.41) is 12.2. The molecule has 4 rings (SSSR count). The fourth-order valence-corrected chi connectivity index (χ4v) is 3.96. The van der Waals surface area contributed by atoms with Gasteiger partial charge in [0.15, 0.2) is 5.82 Å². The van der Waals surface area contributed by atoms with Crippen LogP contribution in [0.2, 0.25) is 5.02 Å². The van der Waals surface area contributed by atoms with Gasteiger partial charge in [-0.3, -0.25) is 4.79 Å². The summed E-state index contributed by atoms with van der Waals surface area (Å²) in [5.41, 5.74) is 7.07. The maximum Gasteiger partial charge on any atom is 0.253 e. The Morgan fingerprint density at radius 2 is 2.19 bits per heavy atom. The highest BCUT2D eigenvalue weighted by Gasteiger charge is 2.30. The number of carbonyl (C=O) groups is 1.